The summed E-state index contributed by atoms with van der Waals surface area (Å²) in [5, 5.41) is 9.76. The lowest BCUT2D eigenvalue weighted by molar-refractivity contribution is -0.144. The number of amides is 3. The summed E-state index contributed by atoms with van der Waals surface area (Å²) < 4.78 is 11.8. The topological polar surface area (TPSA) is 99.6 Å². The SMILES string of the molecule is CCCN1CC=C[C@@H]2O[C@]34C=CCN(c5ccc(OC)cc5)C(=O)C3N(CCO)C(=O)[C@@H]4[C@@H]2C1=O. The van der Waals surface area contributed by atoms with E-state index in [4.69, 9.17) is 9.47 Å². The molecule has 0 saturated carbocycles. The van der Waals surface area contributed by atoms with Crippen molar-refractivity contribution >= 4 is 23.4 Å². The lowest BCUT2D eigenvalue weighted by Crippen LogP contribution is -2.55. The molecule has 2 saturated heterocycles. The number of nitrogens with zero attached hydrogens (tertiary/aromatic N) is 3. The normalized spacial score (nSPS) is 31.9. The Kier molecular flexibility index (Phi) is 6.14. The van der Waals surface area contributed by atoms with Gasteiger partial charge in [0.1, 0.15) is 17.4 Å². The summed E-state index contributed by atoms with van der Waals surface area (Å²) in [6, 6.07) is 6.15. The minimum Gasteiger partial charge on any atom is -0.497 e. The molecule has 9 heteroatoms. The van der Waals surface area contributed by atoms with E-state index in [2.05, 4.69) is 0 Å². The van der Waals surface area contributed by atoms with Crippen molar-refractivity contribution < 1.29 is 29.0 Å². The van der Waals surface area contributed by atoms with Crippen molar-refractivity contribution in [2.75, 3.05) is 44.8 Å². The highest BCUT2D eigenvalue weighted by molar-refractivity contribution is 6.05. The molecule has 1 aromatic rings. The Bertz CT molecular complexity index is 1070. The second-order valence-corrected chi connectivity index (χ2v) is 9.36. The molecule has 5 rings (SSSR count). The number of hydrogen-bond donors (Lipinski definition) is 1. The monoisotopic (exact) mass is 481 g/mol. The molecule has 0 bridgehead atoms. The van der Waals surface area contributed by atoms with E-state index in [1.807, 2.05) is 25.2 Å². The zero-order valence-electron chi connectivity index (χ0n) is 20.0. The molecule has 1 spiro atoms. The van der Waals surface area contributed by atoms with Gasteiger partial charge in [0.05, 0.1) is 31.7 Å². The van der Waals surface area contributed by atoms with Gasteiger partial charge in [0.25, 0.3) is 5.91 Å². The van der Waals surface area contributed by atoms with Crippen molar-refractivity contribution in [1.29, 1.82) is 0 Å². The predicted molar refractivity (Wildman–Crippen MR) is 128 cm³/mol. The number of β-amino-alcohol motifs (C(OH)–C–C–N with tert-alkyl or cyclic N) is 1. The second kappa shape index (κ2) is 9.13. The number of carbonyl (C=O) groups excluding carboxylic acids is 3. The summed E-state index contributed by atoms with van der Waals surface area (Å²) in [6.45, 7) is 3.05. The third-order valence-corrected chi connectivity index (χ3v) is 7.46. The maximum absolute atomic E-state index is 14.1. The fourth-order valence-corrected chi connectivity index (χ4v) is 6.00. The Balaban J connectivity index is 1.57. The molecule has 4 heterocycles. The van der Waals surface area contributed by atoms with E-state index in [0.29, 0.717) is 31.1 Å². The first-order valence-corrected chi connectivity index (χ1v) is 12.1. The van der Waals surface area contributed by atoms with E-state index in [0.717, 1.165) is 6.42 Å². The summed E-state index contributed by atoms with van der Waals surface area (Å²) in [4.78, 5) is 46.3. The van der Waals surface area contributed by atoms with Gasteiger partial charge in [-0.05, 0) is 30.7 Å². The van der Waals surface area contributed by atoms with E-state index in [9.17, 15) is 19.5 Å². The number of benzene rings is 1. The molecule has 1 aromatic carbocycles. The number of ether oxygens (including phenoxy) is 2. The fraction of sp³-hybridized carbons (Fsp3) is 0.500. The molecule has 4 aliphatic rings. The first-order chi connectivity index (χ1) is 17.0. The van der Waals surface area contributed by atoms with Gasteiger partial charge in [-0.15, -0.1) is 0 Å². The maximum Gasteiger partial charge on any atom is 0.253 e. The van der Waals surface area contributed by atoms with Gasteiger partial charge >= 0.3 is 0 Å². The molecule has 0 radical (unpaired) electrons. The van der Waals surface area contributed by atoms with E-state index in [-0.39, 0.29) is 30.9 Å². The van der Waals surface area contributed by atoms with Crippen LogP contribution in [0.3, 0.4) is 0 Å². The molecule has 4 aliphatic heterocycles. The second-order valence-electron chi connectivity index (χ2n) is 9.36. The van der Waals surface area contributed by atoms with E-state index < -0.39 is 29.6 Å². The van der Waals surface area contributed by atoms with Crippen LogP contribution < -0.4 is 9.64 Å². The molecule has 3 amide bonds. The highest BCUT2D eigenvalue weighted by Gasteiger charge is 2.71. The molecule has 0 aromatic heterocycles. The van der Waals surface area contributed by atoms with Crippen LogP contribution in [0.5, 0.6) is 5.75 Å². The zero-order valence-corrected chi connectivity index (χ0v) is 20.0. The molecular weight excluding hydrogens is 450 g/mol. The first-order valence-electron chi connectivity index (χ1n) is 12.1. The number of aliphatic hydroxyl groups is 1. The summed E-state index contributed by atoms with van der Waals surface area (Å²) >= 11 is 0. The van der Waals surface area contributed by atoms with Gasteiger partial charge in [0, 0.05) is 31.9 Å². The molecule has 35 heavy (non-hydrogen) atoms. The van der Waals surface area contributed by atoms with Crippen molar-refractivity contribution in [3.63, 3.8) is 0 Å². The van der Waals surface area contributed by atoms with Crippen LogP contribution in [0.25, 0.3) is 0 Å². The van der Waals surface area contributed by atoms with Crippen LogP contribution in [0.2, 0.25) is 0 Å². The van der Waals surface area contributed by atoms with Crippen LogP contribution in [-0.4, -0.2) is 90.3 Å². The van der Waals surface area contributed by atoms with Gasteiger partial charge in [-0.3, -0.25) is 14.4 Å². The minimum atomic E-state index is -1.28. The number of fused-ring (bicyclic) bond motifs is 2. The molecule has 5 atom stereocenters. The van der Waals surface area contributed by atoms with Crippen molar-refractivity contribution in [3.8, 4) is 5.75 Å². The summed E-state index contributed by atoms with van der Waals surface area (Å²) in [5.41, 5.74) is -0.621. The number of carbonyl (C=O) groups is 3. The molecular formula is C26H31N3O6. The Morgan fingerprint density at radius 2 is 1.83 bits per heavy atom. The van der Waals surface area contributed by atoms with E-state index in [1.165, 1.54) is 4.90 Å². The van der Waals surface area contributed by atoms with Gasteiger partial charge in [-0.2, -0.15) is 0 Å². The Morgan fingerprint density at radius 3 is 2.51 bits per heavy atom. The maximum atomic E-state index is 14.1. The van der Waals surface area contributed by atoms with E-state index in [1.54, 1.807) is 47.3 Å². The van der Waals surface area contributed by atoms with Crippen LogP contribution >= 0.6 is 0 Å². The number of rotatable bonds is 6. The minimum absolute atomic E-state index is 0.0127. The zero-order chi connectivity index (χ0) is 24.7. The van der Waals surface area contributed by atoms with Crippen LogP contribution in [0.1, 0.15) is 13.3 Å². The van der Waals surface area contributed by atoms with E-state index >= 15 is 0 Å². The molecule has 1 unspecified atom stereocenters. The van der Waals surface area contributed by atoms with Crippen molar-refractivity contribution in [3.05, 3.63) is 48.6 Å². The van der Waals surface area contributed by atoms with Gasteiger partial charge in [0.2, 0.25) is 11.8 Å². The smallest absolute Gasteiger partial charge is 0.253 e. The van der Waals surface area contributed by atoms with Gasteiger partial charge in [0.15, 0.2) is 0 Å². The van der Waals surface area contributed by atoms with Crippen molar-refractivity contribution in [2.24, 2.45) is 11.8 Å². The lowest BCUT2D eigenvalue weighted by atomic mass is 9.77. The molecule has 186 valence electrons. The van der Waals surface area contributed by atoms with Crippen LogP contribution in [0.15, 0.2) is 48.6 Å². The highest BCUT2D eigenvalue weighted by Crippen LogP contribution is 2.53. The quantitative estimate of drug-likeness (QED) is 0.608. The van der Waals surface area contributed by atoms with Crippen LogP contribution in [0.4, 0.5) is 5.69 Å². The molecule has 9 nitrogen and oxygen atoms in total. The summed E-state index contributed by atoms with van der Waals surface area (Å²) in [5.74, 6) is -1.64. The predicted octanol–water partition coefficient (Wildman–Crippen LogP) is 0.980. The first kappa shape index (κ1) is 23.6. The third-order valence-electron chi connectivity index (χ3n) is 7.46. The Labute approximate surface area is 204 Å². The largest absolute Gasteiger partial charge is 0.497 e. The van der Waals surface area contributed by atoms with Gasteiger partial charge in [-0.1, -0.05) is 31.2 Å². The molecule has 2 fully saturated rings. The molecule has 1 N–H and O–H groups in total. The van der Waals surface area contributed by atoms with Crippen molar-refractivity contribution in [1.82, 2.24) is 9.80 Å². The summed E-state index contributed by atoms with van der Waals surface area (Å²) in [7, 11) is 1.58. The highest BCUT2D eigenvalue weighted by atomic mass is 16.5. The Morgan fingerprint density at radius 1 is 1.06 bits per heavy atom. The average Bonchev–Trinajstić information content (AvgIpc) is 3.17. The van der Waals surface area contributed by atoms with Gasteiger partial charge in [-0.25, -0.2) is 0 Å². The average molecular weight is 482 g/mol. The lowest BCUT2D eigenvalue weighted by Gasteiger charge is -2.35. The van der Waals surface area contributed by atoms with Crippen molar-refractivity contribution in [2.45, 2.75) is 31.1 Å². The number of hydrogen-bond acceptors (Lipinski definition) is 6. The van der Waals surface area contributed by atoms with Gasteiger partial charge < -0.3 is 29.3 Å². The number of anilines is 1. The Hall–Kier alpha value is -3.17. The van der Waals surface area contributed by atoms with Crippen LogP contribution in [0, 0.1) is 11.8 Å². The third kappa shape index (κ3) is 3.56. The summed E-state index contributed by atoms with van der Waals surface area (Å²) in [6.07, 6.45) is 7.62. The number of aliphatic hydroxyl groups excluding tert-OH is 1. The number of methoxy groups -OCH3 is 1. The standard InChI is InChI=1S/C26H31N3O6/c1-3-12-27-13-4-6-19-20(23(27)31)21-24(32)29(15-16-30)22-25(33)28(14-5-11-26(21,22)35-19)17-7-9-18(34-2)10-8-17/h4-11,19-22,30H,3,12-16H2,1-2H3/t19-,20+,21-,22?,26-/m0/s1. The fourth-order valence-electron chi connectivity index (χ4n) is 6.00. The number of likely N-dealkylation sites (tertiary alicyclic amines) is 1. The molecule has 0 aliphatic carbocycles. The van der Waals surface area contributed by atoms with Crippen LogP contribution in [-0.2, 0) is 19.1 Å².